The van der Waals surface area contributed by atoms with Crippen LogP contribution in [0.1, 0.15) is 22.8 Å². The van der Waals surface area contributed by atoms with Crippen LogP contribution in [0.4, 0.5) is 0 Å². The molecule has 5 heterocycles. The standard InChI is InChI=1S/C44H26Br4N4/c45-29-7-1-26(2-8-29)41-39-22-19-36(51-39)24-35-16-15-33(49-35)23-34-17-18-37(50-34)25-40-42(27-3-9-30(46)10-4-27)43(28-5-11-31(47)12-6-28)44(41)52(40)38-20-13-32(48)14-21-38/h1-25,49H. The monoisotopic (exact) mass is 926 g/mol. The van der Waals surface area contributed by atoms with Crippen molar-refractivity contribution in [2.45, 2.75) is 0 Å². The quantitative estimate of drug-likeness (QED) is 0.191. The minimum Gasteiger partial charge on any atom is -0.355 e. The van der Waals surface area contributed by atoms with E-state index < -0.39 is 0 Å². The van der Waals surface area contributed by atoms with Gasteiger partial charge in [-0.3, -0.25) is 0 Å². The number of aromatic amines is 1. The summed E-state index contributed by atoms with van der Waals surface area (Å²) in [5, 5.41) is 0. The molecule has 0 aliphatic carbocycles. The maximum atomic E-state index is 5.32. The number of nitrogens with zero attached hydrogens (tertiary/aromatic N) is 3. The van der Waals surface area contributed by atoms with Gasteiger partial charge in [0.1, 0.15) is 0 Å². The molecule has 0 fully saturated rings. The Bertz CT molecular complexity index is 2740. The van der Waals surface area contributed by atoms with Crippen molar-refractivity contribution in [2.24, 2.45) is 0 Å². The van der Waals surface area contributed by atoms with Gasteiger partial charge in [-0.05, 0) is 132 Å². The molecule has 0 unspecified atom stereocenters. The molecule has 1 N–H and O–H groups in total. The first-order valence-corrected chi connectivity index (χ1v) is 19.7. The highest BCUT2D eigenvalue weighted by atomic mass is 79.9. The summed E-state index contributed by atoms with van der Waals surface area (Å²) in [6, 6.07) is 44.8. The van der Waals surface area contributed by atoms with Crippen molar-refractivity contribution in [1.29, 1.82) is 0 Å². The maximum absolute atomic E-state index is 5.32. The minimum atomic E-state index is 0.860. The van der Waals surface area contributed by atoms with Crippen LogP contribution in [-0.2, 0) is 0 Å². The molecule has 9 rings (SSSR count). The third-order valence-electron chi connectivity index (χ3n) is 9.15. The molecule has 8 bridgehead atoms. The molecule has 2 aliphatic rings. The lowest BCUT2D eigenvalue weighted by Gasteiger charge is -2.14. The summed E-state index contributed by atoms with van der Waals surface area (Å²) < 4.78 is 6.43. The molecular formula is C44H26Br4N4. The number of nitrogens with one attached hydrogen (secondary N) is 1. The number of fused-ring (bicyclic) bond motifs is 8. The highest BCUT2D eigenvalue weighted by Gasteiger charge is 2.25. The average Bonchev–Trinajstić information content (AvgIpc) is 3.95. The van der Waals surface area contributed by atoms with E-state index in [0.717, 1.165) is 102 Å². The van der Waals surface area contributed by atoms with Gasteiger partial charge in [-0.25, -0.2) is 9.97 Å². The van der Waals surface area contributed by atoms with Crippen LogP contribution in [0, 0.1) is 0 Å². The smallest absolute Gasteiger partial charge is 0.0737 e. The molecule has 250 valence electrons. The van der Waals surface area contributed by atoms with Crippen LogP contribution >= 0.6 is 63.7 Å². The predicted molar refractivity (Wildman–Crippen MR) is 231 cm³/mol. The zero-order valence-electron chi connectivity index (χ0n) is 27.3. The molecule has 0 saturated heterocycles. The summed E-state index contributed by atoms with van der Waals surface area (Å²) in [4.78, 5) is 14.0. The number of halogens is 4. The van der Waals surface area contributed by atoms with Crippen LogP contribution in [0.2, 0.25) is 0 Å². The lowest BCUT2D eigenvalue weighted by molar-refractivity contribution is 1.17. The average molecular weight is 930 g/mol. The van der Waals surface area contributed by atoms with Gasteiger partial charge >= 0.3 is 0 Å². The van der Waals surface area contributed by atoms with E-state index in [-0.39, 0.29) is 0 Å². The lowest BCUT2D eigenvalue weighted by atomic mass is 9.93. The van der Waals surface area contributed by atoms with E-state index in [2.05, 4.69) is 225 Å². The molecule has 52 heavy (non-hydrogen) atoms. The zero-order valence-corrected chi connectivity index (χ0v) is 33.6. The summed E-state index contributed by atoms with van der Waals surface area (Å²) in [6.07, 6.45) is 8.39. The van der Waals surface area contributed by atoms with Crippen LogP contribution in [0.3, 0.4) is 0 Å². The Balaban J connectivity index is 1.60. The number of rotatable bonds is 4. The highest BCUT2D eigenvalue weighted by molar-refractivity contribution is 9.11. The van der Waals surface area contributed by atoms with E-state index in [1.165, 1.54) is 0 Å². The van der Waals surface area contributed by atoms with E-state index in [0.29, 0.717) is 0 Å². The Labute approximate surface area is 334 Å². The largest absolute Gasteiger partial charge is 0.355 e. The molecule has 0 radical (unpaired) electrons. The number of hydrogen-bond acceptors (Lipinski definition) is 2. The second-order valence-electron chi connectivity index (χ2n) is 12.5. The zero-order chi connectivity index (χ0) is 35.3. The van der Waals surface area contributed by atoms with Crippen molar-refractivity contribution in [3.63, 3.8) is 0 Å². The summed E-state index contributed by atoms with van der Waals surface area (Å²) in [7, 11) is 0. The third kappa shape index (κ3) is 6.38. The van der Waals surface area contributed by atoms with Gasteiger partial charge in [-0.1, -0.05) is 100 Å². The molecule has 3 aromatic heterocycles. The van der Waals surface area contributed by atoms with Gasteiger partial charge in [0.2, 0.25) is 0 Å². The van der Waals surface area contributed by atoms with Crippen molar-refractivity contribution in [1.82, 2.24) is 19.5 Å². The van der Waals surface area contributed by atoms with Crippen LogP contribution in [0.25, 0.3) is 85.4 Å². The number of aromatic nitrogens is 4. The van der Waals surface area contributed by atoms with E-state index in [1.54, 1.807) is 0 Å². The van der Waals surface area contributed by atoms with Gasteiger partial charge < -0.3 is 9.55 Å². The Morgan fingerprint density at radius 1 is 0.423 bits per heavy atom. The number of hydrogen-bond donors (Lipinski definition) is 1. The van der Waals surface area contributed by atoms with Crippen LogP contribution in [-0.4, -0.2) is 19.5 Å². The Morgan fingerprint density at radius 2 is 0.865 bits per heavy atom. The Kier molecular flexibility index (Phi) is 8.79. The predicted octanol–water partition coefficient (Wildman–Crippen LogP) is 14.2. The number of benzene rings is 4. The Morgan fingerprint density at radius 3 is 1.42 bits per heavy atom. The fourth-order valence-electron chi connectivity index (χ4n) is 6.86. The van der Waals surface area contributed by atoms with Gasteiger partial charge in [0.15, 0.2) is 0 Å². The van der Waals surface area contributed by atoms with Crippen molar-refractivity contribution >= 4 is 110 Å². The molecule has 0 saturated carbocycles. The third-order valence-corrected chi connectivity index (χ3v) is 11.3. The SMILES string of the molecule is Brc1ccc(-c2c(-c3ccc(Br)cc3)c3c(-c4ccc(Br)cc4)c4nc(cc5ccc(cc6nc(cc2n3-c2ccc(Br)cc2)C=C6)[nH]5)C=C4)cc1. The first kappa shape index (κ1) is 33.3. The summed E-state index contributed by atoms with van der Waals surface area (Å²) >= 11 is 14.8. The second-order valence-corrected chi connectivity index (χ2v) is 16.2. The molecule has 2 aliphatic heterocycles. The molecule has 7 aromatic rings. The molecule has 0 atom stereocenters. The van der Waals surface area contributed by atoms with Crippen molar-refractivity contribution in [3.05, 3.63) is 168 Å². The second kappa shape index (κ2) is 13.7. The van der Waals surface area contributed by atoms with Crippen LogP contribution in [0.15, 0.2) is 145 Å². The first-order valence-electron chi connectivity index (χ1n) is 16.6. The topological polar surface area (TPSA) is 46.5 Å². The normalized spacial score (nSPS) is 12.1. The summed E-state index contributed by atoms with van der Waals surface area (Å²) in [5.74, 6) is 0. The van der Waals surface area contributed by atoms with Gasteiger partial charge in [-0.2, -0.15) is 0 Å². The fourth-order valence-corrected chi connectivity index (χ4v) is 7.92. The van der Waals surface area contributed by atoms with Crippen molar-refractivity contribution < 1.29 is 0 Å². The van der Waals surface area contributed by atoms with Crippen molar-refractivity contribution in [2.75, 3.05) is 0 Å². The molecule has 4 aromatic carbocycles. The minimum absolute atomic E-state index is 0.860. The van der Waals surface area contributed by atoms with E-state index >= 15 is 0 Å². The lowest BCUT2D eigenvalue weighted by Crippen LogP contribution is -1.97. The molecule has 8 heteroatoms. The maximum Gasteiger partial charge on any atom is 0.0737 e. The van der Waals surface area contributed by atoms with Gasteiger partial charge in [0.25, 0.3) is 0 Å². The van der Waals surface area contributed by atoms with Gasteiger partial charge in [0.05, 0.1) is 33.8 Å². The first-order chi connectivity index (χ1) is 25.4. The highest BCUT2D eigenvalue weighted by Crippen LogP contribution is 2.47. The number of H-pyrrole nitrogens is 1. The van der Waals surface area contributed by atoms with E-state index in [1.807, 2.05) is 0 Å². The summed E-state index contributed by atoms with van der Waals surface area (Å²) in [6.45, 7) is 0. The molecule has 0 spiro atoms. The summed E-state index contributed by atoms with van der Waals surface area (Å²) in [5.41, 5.74) is 14.9. The van der Waals surface area contributed by atoms with Gasteiger partial charge in [0, 0.05) is 51.3 Å². The Hall–Kier alpha value is -4.60. The van der Waals surface area contributed by atoms with Crippen LogP contribution < -0.4 is 0 Å². The fraction of sp³-hybridized carbons (Fsp3) is 0. The van der Waals surface area contributed by atoms with Crippen molar-refractivity contribution in [3.8, 4) is 39.1 Å². The van der Waals surface area contributed by atoms with Gasteiger partial charge in [-0.15, -0.1) is 0 Å². The molecule has 0 amide bonds. The molecule has 4 nitrogen and oxygen atoms in total. The van der Waals surface area contributed by atoms with E-state index in [4.69, 9.17) is 9.97 Å². The molecular weight excluding hydrogens is 904 g/mol. The van der Waals surface area contributed by atoms with E-state index in [9.17, 15) is 0 Å². The van der Waals surface area contributed by atoms with Crippen LogP contribution in [0.5, 0.6) is 0 Å².